The molecule has 0 saturated carbocycles. The van der Waals surface area contributed by atoms with Gasteiger partial charge in [0.25, 0.3) is 0 Å². The molecule has 29 heavy (non-hydrogen) atoms. The van der Waals surface area contributed by atoms with Crippen LogP contribution < -0.4 is 9.64 Å². The Morgan fingerprint density at radius 2 is 1.90 bits per heavy atom. The van der Waals surface area contributed by atoms with Crippen LogP contribution in [0.1, 0.15) is 41.8 Å². The van der Waals surface area contributed by atoms with Crippen molar-refractivity contribution in [3.63, 3.8) is 0 Å². The predicted molar refractivity (Wildman–Crippen MR) is 109 cm³/mol. The van der Waals surface area contributed by atoms with Crippen LogP contribution in [0, 0.1) is 5.92 Å². The molecule has 0 spiro atoms. The molecule has 1 aliphatic heterocycles. The van der Waals surface area contributed by atoms with Gasteiger partial charge in [-0.3, -0.25) is 14.4 Å². The minimum Gasteiger partial charge on any atom is -0.496 e. The maximum atomic E-state index is 12.6. The van der Waals surface area contributed by atoms with E-state index < -0.39 is 11.9 Å². The number of carbonyl (C=O) groups is 3. The lowest BCUT2D eigenvalue weighted by molar-refractivity contribution is -0.149. The summed E-state index contributed by atoms with van der Waals surface area (Å²) in [6, 6.07) is 12.7. The first-order valence-corrected chi connectivity index (χ1v) is 9.67. The van der Waals surface area contributed by atoms with Gasteiger partial charge in [-0.25, -0.2) is 0 Å². The lowest BCUT2D eigenvalue weighted by atomic mass is 10.1. The molecule has 152 valence electrons. The molecular formula is C23H25NO5. The van der Waals surface area contributed by atoms with Crippen LogP contribution in [0.3, 0.4) is 0 Å². The average Bonchev–Trinajstić information content (AvgIpc) is 3.13. The zero-order valence-corrected chi connectivity index (χ0v) is 16.9. The Hall–Kier alpha value is -3.15. The van der Waals surface area contributed by atoms with Gasteiger partial charge in [-0.15, -0.1) is 0 Å². The lowest BCUT2D eigenvalue weighted by Crippen LogP contribution is -2.27. The SMILES string of the molecule is CCc1ccccc1N1C[C@@H](C(=O)OCc2cc(C(C)=O)ccc2OC)CC1=O. The third-order valence-electron chi connectivity index (χ3n) is 5.18. The molecule has 6 nitrogen and oxygen atoms in total. The summed E-state index contributed by atoms with van der Waals surface area (Å²) < 4.78 is 10.8. The van der Waals surface area contributed by atoms with Crippen molar-refractivity contribution in [1.29, 1.82) is 0 Å². The smallest absolute Gasteiger partial charge is 0.311 e. The first-order chi connectivity index (χ1) is 13.9. The van der Waals surface area contributed by atoms with Gasteiger partial charge in [0.05, 0.1) is 13.0 Å². The number of rotatable bonds is 7. The summed E-state index contributed by atoms with van der Waals surface area (Å²) in [5, 5.41) is 0. The number of hydrogen-bond acceptors (Lipinski definition) is 5. The summed E-state index contributed by atoms with van der Waals surface area (Å²) in [7, 11) is 1.52. The first kappa shape index (κ1) is 20.6. The van der Waals surface area contributed by atoms with Crippen LogP contribution in [-0.4, -0.2) is 31.3 Å². The van der Waals surface area contributed by atoms with E-state index in [0.717, 1.165) is 17.7 Å². The summed E-state index contributed by atoms with van der Waals surface area (Å²) >= 11 is 0. The first-order valence-electron chi connectivity index (χ1n) is 9.67. The van der Waals surface area contributed by atoms with Crippen LogP contribution in [0.15, 0.2) is 42.5 Å². The molecule has 1 fully saturated rings. The van der Waals surface area contributed by atoms with Gasteiger partial charge in [-0.2, -0.15) is 0 Å². The predicted octanol–water partition coefficient (Wildman–Crippen LogP) is 3.56. The molecule has 0 radical (unpaired) electrons. The minimum atomic E-state index is -0.519. The molecule has 3 rings (SSSR count). The average molecular weight is 395 g/mol. The fourth-order valence-electron chi connectivity index (χ4n) is 3.55. The number of methoxy groups -OCH3 is 1. The number of esters is 1. The molecule has 1 amide bonds. The topological polar surface area (TPSA) is 72.9 Å². The number of para-hydroxylation sites is 1. The number of carbonyl (C=O) groups excluding carboxylic acids is 3. The maximum absolute atomic E-state index is 12.6. The third kappa shape index (κ3) is 4.47. The summed E-state index contributed by atoms with van der Waals surface area (Å²) in [5.74, 6) is -0.556. The van der Waals surface area contributed by atoms with Crippen LogP contribution in [0.5, 0.6) is 5.75 Å². The van der Waals surface area contributed by atoms with E-state index in [1.807, 2.05) is 31.2 Å². The Bertz CT molecular complexity index is 937. The molecule has 1 heterocycles. The van der Waals surface area contributed by atoms with Crippen molar-refractivity contribution < 1.29 is 23.9 Å². The lowest BCUT2D eigenvalue weighted by Gasteiger charge is -2.19. The Labute approximate surface area is 170 Å². The van der Waals surface area contributed by atoms with Crippen molar-refractivity contribution in [2.24, 2.45) is 5.92 Å². The van der Waals surface area contributed by atoms with Gasteiger partial charge in [0.15, 0.2) is 5.78 Å². The van der Waals surface area contributed by atoms with E-state index in [1.54, 1.807) is 23.1 Å². The van der Waals surface area contributed by atoms with Crippen molar-refractivity contribution in [2.75, 3.05) is 18.6 Å². The molecule has 2 aromatic carbocycles. The molecule has 0 bridgehead atoms. The van der Waals surface area contributed by atoms with Gasteiger partial charge >= 0.3 is 5.97 Å². The molecule has 0 N–H and O–H groups in total. The van der Waals surface area contributed by atoms with Crippen LogP contribution in [0.2, 0.25) is 0 Å². The van der Waals surface area contributed by atoms with Gasteiger partial charge < -0.3 is 14.4 Å². The molecule has 0 unspecified atom stereocenters. The van der Waals surface area contributed by atoms with Gasteiger partial charge in [-0.05, 0) is 43.2 Å². The third-order valence-corrected chi connectivity index (χ3v) is 5.18. The number of anilines is 1. The van der Waals surface area contributed by atoms with E-state index in [2.05, 4.69) is 0 Å². The number of ketones is 1. The Kier molecular flexibility index (Phi) is 6.32. The van der Waals surface area contributed by atoms with Crippen molar-refractivity contribution in [3.8, 4) is 5.75 Å². The zero-order valence-electron chi connectivity index (χ0n) is 16.9. The van der Waals surface area contributed by atoms with Gasteiger partial charge in [0, 0.05) is 29.8 Å². The maximum Gasteiger partial charge on any atom is 0.311 e. The Morgan fingerprint density at radius 3 is 2.59 bits per heavy atom. The standard InChI is InChI=1S/C23H25NO5/c1-4-16-7-5-6-8-20(16)24-13-18(12-22(24)26)23(27)29-14-19-11-17(15(2)25)9-10-21(19)28-3/h5-11,18H,4,12-14H2,1-3H3/t18-/m0/s1. The minimum absolute atomic E-state index is 0.0145. The molecule has 6 heteroatoms. The number of hydrogen-bond donors (Lipinski definition) is 0. The van der Waals surface area contributed by atoms with Crippen molar-refractivity contribution in [2.45, 2.75) is 33.3 Å². The van der Waals surface area contributed by atoms with Gasteiger partial charge in [0.1, 0.15) is 12.4 Å². The van der Waals surface area contributed by atoms with Crippen LogP contribution >= 0.6 is 0 Å². The van der Waals surface area contributed by atoms with Crippen molar-refractivity contribution in [1.82, 2.24) is 0 Å². The molecule has 0 aromatic heterocycles. The second-order valence-corrected chi connectivity index (χ2v) is 7.08. The normalized spacial score (nSPS) is 16.0. The van der Waals surface area contributed by atoms with Crippen LogP contribution in [0.25, 0.3) is 0 Å². The largest absolute Gasteiger partial charge is 0.496 e. The van der Waals surface area contributed by atoms with Gasteiger partial charge in [0.2, 0.25) is 5.91 Å². The van der Waals surface area contributed by atoms with E-state index in [-0.39, 0.29) is 24.7 Å². The number of aryl methyl sites for hydroxylation is 1. The Morgan fingerprint density at radius 1 is 1.14 bits per heavy atom. The summed E-state index contributed by atoms with van der Waals surface area (Å²) in [5.41, 5.74) is 3.06. The fourth-order valence-corrected chi connectivity index (χ4v) is 3.55. The number of benzene rings is 2. The van der Waals surface area contributed by atoms with Crippen molar-refractivity contribution in [3.05, 3.63) is 59.2 Å². The monoisotopic (exact) mass is 395 g/mol. The molecule has 1 aliphatic rings. The van der Waals surface area contributed by atoms with E-state index in [1.165, 1.54) is 14.0 Å². The molecule has 2 aromatic rings. The molecular weight excluding hydrogens is 370 g/mol. The highest BCUT2D eigenvalue weighted by Gasteiger charge is 2.36. The number of ether oxygens (including phenoxy) is 2. The second-order valence-electron chi connectivity index (χ2n) is 7.08. The van der Waals surface area contributed by atoms with E-state index in [0.29, 0.717) is 23.4 Å². The molecule has 1 atom stereocenters. The molecule has 0 aliphatic carbocycles. The molecule has 1 saturated heterocycles. The van der Waals surface area contributed by atoms with Crippen LogP contribution in [-0.2, 0) is 27.4 Å². The zero-order chi connectivity index (χ0) is 21.0. The highest BCUT2D eigenvalue weighted by molar-refractivity contribution is 6.00. The second kappa shape index (κ2) is 8.90. The van der Waals surface area contributed by atoms with E-state index >= 15 is 0 Å². The van der Waals surface area contributed by atoms with Gasteiger partial charge in [-0.1, -0.05) is 25.1 Å². The number of nitrogens with zero attached hydrogens (tertiary/aromatic N) is 1. The van der Waals surface area contributed by atoms with Crippen molar-refractivity contribution >= 4 is 23.3 Å². The summed E-state index contributed by atoms with van der Waals surface area (Å²) in [6.45, 7) is 3.80. The summed E-state index contributed by atoms with van der Waals surface area (Å²) in [6.07, 6.45) is 0.933. The highest BCUT2D eigenvalue weighted by atomic mass is 16.5. The number of amides is 1. The Balaban J connectivity index is 1.69. The van der Waals surface area contributed by atoms with Crippen LogP contribution in [0.4, 0.5) is 5.69 Å². The van der Waals surface area contributed by atoms with E-state index in [4.69, 9.17) is 9.47 Å². The highest BCUT2D eigenvalue weighted by Crippen LogP contribution is 2.29. The number of Topliss-reactive ketones (excluding diaryl/α,β-unsaturated/α-hetero) is 1. The fraction of sp³-hybridized carbons (Fsp3) is 0.348. The van der Waals surface area contributed by atoms with E-state index in [9.17, 15) is 14.4 Å². The summed E-state index contributed by atoms with van der Waals surface area (Å²) in [4.78, 5) is 38.4. The quantitative estimate of drug-likeness (QED) is 0.529.